The minimum absolute atomic E-state index is 0.202. The number of carboxylic acid groups (broad SMARTS) is 1. The summed E-state index contributed by atoms with van der Waals surface area (Å²) < 4.78 is 0. The Balaban J connectivity index is 2.67. The SMILES string of the molecule is Cc1nc(C(=O)N[C@@H](CC(C)C)C(=O)O)cs1. The molecule has 0 radical (unpaired) electrons. The quantitative estimate of drug-likeness (QED) is 0.840. The van der Waals surface area contributed by atoms with Crippen molar-refractivity contribution in [2.75, 3.05) is 0 Å². The number of amides is 1. The number of hydrogen-bond donors (Lipinski definition) is 2. The summed E-state index contributed by atoms with van der Waals surface area (Å²) in [5.41, 5.74) is 0.280. The molecule has 0 spiro atoms. The van der Waals surface area contributed by atoms with Gasteiger partial charge < -0.3 is 10.4 Å². The Morgan fingerprint density at radius 1 is 1.53 bits per heavy atom. The van der Waals surface area contributed by atoms with Crippen molar-refractivity contribution < 1.29 is 14.7 Å². The van der Waals surface area contributed by atoms with Crippen molar-refractivity contribution in [1.29, 1.82) is 0 Å². The lowest BCUT2D eigenvalue weighted by Gasteiger charge is -2.15. The van der Waals surface area contributed by atoms with Crippen molar-refractivity contribution in [3.63, 3.8) is 0 Å². The third kappa shape index (κ3) is 4.14. The number of carboxylic acids is 1. The molecule has 0 unspecified atom stereocenters. The molecule has 2 N–H and O–H groups in total. The third-order valence-electron chi connectivity index (χ3n) is 2.16. The van der Waals surface area contributed by atoms with Crippen LogP contribution in [0.15, 0.2) is 5.38 Å². The van der Waals surface area contributed by atoms with E-state index in [9.17, 15) is 9.59 Å². The fourth-order valence-electron chi connectivity index (χ4n) is 1.39. The maximum Gasteiger partial charge on any atom is 0.326 e. The Kier molecular flexibility index (Phi) is 4.62. The van der Waals surface area contributed by atoms with Crippen LogP contribution in [0.25, 0.3) is 0 Å². The maximum absolute atomic E-state index is 11.7. The van der Waals surface area contributed by atoms with Gasteiger partial charge in [0.15, 0.2) is 0 Å². The molecule has 0 aromatic carbocycles. The molecule has 5 nitrogen and oxygen atoms in total. The minimum Gasteiger partial charge on any atom is -0.480 e. The molecule has 0 bridgehead atoms. The van der Waals surface area contributed by atoms with E-state index in [2.05, 4.69) is 10.3 Å². The lowest BCUT2D eigenvalue weighted by molar-refractivity contribution is -0.139. The van der Waals surface area contributed by atoms with E-state index in [-0.39, 0.29) is 11.6 Å². The molecule has 1 heterocycles. The van der Waals surface area contributed by atoms with E-state index >= 15 is 0 Å². The van der Waals surface area contributed by atoms with Gasteiger partial charge in [-0.25, -0.2) is 9.78 Å². The molecule has 0 aliphatic heterocycles. The van der Waals surface area contributed by atoms with E-state index < -0.39 is 17.9 Å². The average molecular weight is 256 g/mol. The maximum atomic E-state index is 11.7. The van der Waals surface area contributed by atoms with Crippen LogP contribution in [0.2, 0.25) is 0 Å². The Morgan fingerprint density at radius 3 is 2.59 bits per heavy atom. The summed E-state index contributed by atoms with van der Waals surface area (Å²) in [5, 5.41) is 13.9. The predicted molar refractivity (Wildman–Crippen MR) is 65.2 cm³/mol. The van der Waals surface area contributed by atoms with E-state index in [0.717, 1.165) is 5.01 Å². The van der Waals surface area contributed by atoms with Crippen LogP contribution in [0.4, 0.5) is 0 Å². The third-order valence-corrected chi connectivity index (χ3v) is 2.94. The number of hydrogen-bond acceptors (Lipinski definition) is 4. The van der Waals surface area contributed by atoms with E-state index in [1.54, 1.807) is 12.3 Å². The molecule has 0 aliphatic rings. The van der Waals surface area contributed by atoms with Crippen molar-refractivity contribution >= 4 is 23.2 Å². The van der Waals surface area contributed by atoms with Gasteiger partial charge in [0, 0.05) is 5.38 Å². The van der Waals surface area contributed by atoms with Gasteiger partial charge in [-0.3, -0.25) is 4.79 Å². The van der Waals surface area contributed by atoms with E-state index in [4.69, 9.17) is 5.11 Å². The Labute approximate surface area is 104 Å². The predicted octanol–water partition coefficient (Wildman–Crippen LogP) is 1.68. The molecule has 0 saturated heterocycles. The lowest BCUT2D eigenvalue weighted by Crippen LogP contribution is -2.41. The second-order valence-corrected chi connectivity index (χ2v) is 5.31. The topological polar surface area (TPSA) is 79.3 Å². The zero-order chi connectivity index (χ0) is 13.0. The average Bonchev–Trinajstić information content (AvgIpc) is 2.63. The van der Waals surface area contributed by atoms with Crippen LogP contribution in [0.1, 0.15) is 35.8 Å². The highest BCUT2D eigenvalue weighted by Crippen LogP contribution is 2.10. The van der Waals surface area contributed by atoms with Gasteiger partial charge in [0.25, 0.3) is 5.91 Å². The van der Waals surface area contributed by atoms with Gasteiger partial charge in [0.05, 0.1) is 5.01 Å². The summed E-state index contributed by atoms with van der Waals surface area (Å²) in [6, 6.07) is -0.857. The van der Waals surface area contributed by atoms with Gasteiger partial charge in [0.2, 0.25) is 0 Å². The Morgan fingerprint density at radius 2 is 2.18 bits per heavy atom. The molecule has 94 valence electrons. The first-order valence-corrected chi connectivity index (χ1v) is 6.24. The molecule has 0 saturated carbocycles. The number of thiazole rings is 1. The molecular formula is C11H16N2O3S. The normalized spacial score (nSPS) is 12.5. The second-order valence-electron chi connectivity index (χ2n) is 4.25. The fraction of sp³-hybridized carbons (Fsp3) is 0.545. The smallest absolute Gasteiger partial charge is 0.326 e. The van der Waals surface area contributed by atoms with Crippen LogP contribution in [-0.2, 0) is 4.79 Å². The number of aliphatic carboxylic acids is 1. The molecule has 1 amide bonds. The standard InChI is InChI=1S/C11H16N2O3S/c1-6(2)4-8(11(15)16)13-10(14)9-5-17-7(3)12-9/h5-6,8H,4H2,1-3H3,(H,13,14)(H,15,16)/t8-/m0/s1. The van der Waals surface area contributed by atoms with Crippen molar-refractivity contribution in [3.8, 4) is 0 Å². The van der Waals surface area contributed by atoms with E-state index in [1.165, 1.54) is 11.3 Å². The molecule has 1 aromatic heterocycles. The van der Waals surface area contributed by atoms with Gasteiger partial charge in [-0.15, -0.1) is 11.3 Å². The lowest BCUT2D eigenvalue weighted by atomic mass is 10.0. The molecule has 1 rings (SSSR count). The number of rotatable bonds is 5. The number of aromatic nitrogens is 1. The summed E-state index contributed by atoms with van der Waals surface area (Å²) in [5.74, 6) is -1.24. The summed E-state index contributed by atoms with van der Waals surface area (Å²) in [4.78, 5) is 26.7. The number of carbonyl (C=O) groups is 2. The van der Waals surface area contributed by atoms with Crippen molar-refractivity contribution in [1.82, 2.24) is 10.3 Å². The molecule has 17 heavy (non-hydrogen) atoms. The van der Waals surface area contributed by atoms with Gasteiger partial charge in [-0.2, -0.15) is 0 Å². The first kappa shape index (κ1) is 13.6. The van der Waals surface area contributed by atoms with E-state index in [1.807, 2.05) is 13.8 Å². The number of carbonyl (C=O) groups excluding carboxylic acids is 1. The molecular weight excluding hydrogens is 240 g/mol. The molecule has 6 heteroatoms. The zero-order valence-electron chi connectivity index (χ0n) is 10.1. The molecule has 0 fully saturated rings. The van der Waals surface area contributed by atoms with Crippen LogP contribution in [0.5, 0.6) is 0 Å². The van der Waals surface area contributed by atoms with Gasteiger partial charge in [-0.1, -0.05) is 13.8 Å². The van der Waals surface area contributed by atoms with E-state index in [0.29, 0.717) is 6.42 Å². The zero-order valence-corrected chi connectivity index (χ0v) is 10.9. The first-order valence-electron chi connectivity index (χ1n) is 5.36. The molecule has 0 aliphatic carbocycles. The second kappa shape index (κ2) is 5.77. The van der Waals surface area contributed by atoms with Gasteiger partial charge in [-0.05, 0) is 19.3 Å². The van der Waals surface area contributed by atoms with Crippen molar-refractivity contribution in [3.05, 3.63) is 16.1 Å². The first-order chi connectivity index (χ1) is 7.90. The Hall–Kier alpha value is -1.43. The van der Waals surface area contributed by atoms with Crippen LogP contribution >= 0.6 is 11.3 Å². The number of nitrogens with zero attached hydrogens (tertiary/aromatic N) is 1. The fourth-order valence-corrected chi connectivity index (χ4v) is 1.99. The molecule has 1 aromatic rings. The number of nitrogens with one attached hydrogen (secondary N) is 1. The van der Waals surface area contributed by atoms with Gasteiger partial charge in [0.1, 0.15) is 11.7 Å². The largest absolute Gasteiger partial charge is 0.480 e. The monoisotopic (exact) mass is 256 g/mol. The van der Waals surface area contributed by atoms with Crippen molar-refractivity contribution in [2.24, 2.45) is 5.92 Å². The van der Waals surface area contributed by atoms with Crippen LogP contribution in [0, 0.1) is 12.8 Å². The summed E-state index contributed by atoms with van der Waals surface area (Å²) in [7, 11) is 0. The Bertz CT molecular complexity index is 415. The summed E-state index contributed by atoms with van der Waals surface area (Å²) in [6.07, 6.45) is 0.407. The molecule has 1 atom stereocenters. The minimum atomic E-state index is -1.01. The van der Waals surface area contributed by atoms with Crippen LogP contribution in [0.3, 0.4) is 0 Å². The van der Waals surface area contributed by atoms with Gasteiger partial charge >= 0.3 is 5.97 Å². The summed E-state index contributed by atoms with van der Waals surface area (Å²) >= 11 is 1.36. The highest BCUT2D eigenvalue weighted by molar-refractivity contribution is 7.09. The van der Waals surface area contributed by atoms with Crippen molar-refractivity contribution in [2.45, 2.75) is 33.2 Å². The number of aryl methyl sites for hydroxylation is 1. The highest BCUT2D eigenvalue weighted by Gasteiger charge is 2.22. The highest BCUT2D eigenvalue weighted by atomic mass is 32.1. The van der Waals surface area contributed by atoms with Crippen LogP contribution < -0.4 is 5.32 Å². The summed E-state index contributed by atoms with van der Waals surface area (Å²) in [6.45, 7) is 5.62. The van der Waals surface area contributed by atoms with Crippen LogP contribution in [-0.4, -0.2) is 28.0 Å².